The fourth-order valence-electron chi connectivity index (χ4n) is 2.58. The van der Waals surface area contributed by atoms with Crippen LogP contribution in [0.1, 0.15) is 31.7 Å². The molecule has 0 aromatic heterocycles. The van der Waals surface area contributed by atoms with Crippen LogP contribution in [0.25, 0.3) is 0 Å². The molecule has 1 aromatic carbocycles. The van der Waals surface area contributed by atoms with Gasteiger partial charge in [-0.05, 0) is 31.0 Å². The molecule has 1 saturated heterocycles. The highest BCUT2D eigenvalue weighted by atomic mass is 16.6. The van der Waals surface area contributed by atoms with E-state index in [0.29, 0.717) is 6.54 Å². The monoisotopic (exact) mass is 249 g/mol. The zero-order valence-corrected chi connectivity index (χ0v) is 11.0. The average Bonchev–Trinajstić information content (AvgIpc) is 2.71. The molecule has 1 fully saturated rings. The molecule has 1 aliphatic rings. The molecular weight excluding hydrogens is 230 g/mol. The van der Waals surface area contributed by atoms with Gasteiger partial charge in [0.1, 0.15) is 11.4 Å². The van der Waals surface area contributed by atoms with Crippen LogP contribution in [0.3, 0.4) is 0 Å². The van der Waals surface area contributed by atoms with Crippen LogP contribution in [-0.4, -0.2) is 25.3 Å². The molecule has 1 aliphatic heterocycles. The lowest BCUT2D eigenvalue weighted by Gasteiger charge is -2.31. The molecule has 0 bridgehead atoms. The Morgan fingerprint density at radius 2 is 2.11 bits per heavy atom. The number of nitrogens with one attached hydrogen (secondary N) is 1. The van der Waals surface area contributed by atoms with Gasteiger partial charge in [0.05, 0.1) is 13.7 Å². The summed E-state index contributed by atoms with van der Waals surface area (Å²) in [5.74, 6) is 1.02. The molecule has 1 aromatic rings. The van der Waals surface area contributed by atoms with E-state index in [1.807, 2.05) is 31.2 Å². The molecule has 2 atom stereocenters. The highest BCUT2D eigenvalue weighted by Gasteiger charge is 2.42. The fraction of sp³-hybridized carbons (Fsp3) is 0.500. The van der Waals surface area contributed by atoms with Crippen molar-refractivity contribution in [2.45, 2.75) is 31.8 Å². The molecule has 1 N–H and O–H groups in total. The van der Waals surface area contributed by atoms with Gasteiger partial charge in [0, 0.05) is 5.92 Å². The topological polar surface area (TPSA) is 47.6 Å². The standard InChI is InChI=1S/C14H19NO3/c1-4-12(14(2)9-15-13(16)18-14)10-5-7-11(17-3)8-6-10/h5-8,12H,4,9H2,1-3H3,(H,15,16). The highest BCUT2D eigenvalue weighted by Crippen LogP contribution is 2.36. The van der Waals surface area contributed by atoms with Gasteiger partial charge in [-0.15, -0.1) is 0 Å². The van der Waals surface area contributed by atoms with Crippen molar-refractivity contribution < 1.29 is 14.3 Å². The van der Waals surface area contributed by atoms with Gasteiger partial charge < -0.3 is 14.8 Å². The van der Waals surface area contributed by atoms with E-state index in [1.54, 1.807) is 7.11 Å². The van der Waals surface area contributed by atoms with Crippen molar-refractivity contribution in [1.82, 2.24) is 5.32 Å². The largest absolute Gasteiger partial charge is 0.497 e. The molecule has 1 heterocycles. The van der Waals surface area contributed by atoms with Crippen molar-refractivity contribution >= 4 is 6.09 Å². The first-order chi connectivity index (χ1) is 8.59. The van der Waals surface area contributed by atoms with E-state index < -0.39 is 5.60 Å². The van der Waals surface area contributed by atoms with Crippen molar-refractivity contribution in [2.24, 2.45) is 0 Å². The van der Waals surface area contributed by atoms with Crippen LogP contribution in [-0.2, 0) is 4.74 Å². The molecule has 0 radical (unpaired) electrons. The predicted octanol–water partition coefficient (Wildman–Crippen LogP) is 2.69. The van der Waals surface area contributed by atoms with Crippen molar-refractivity contribution in [1.29, 1.82) is 0 Å². The van der Waals surface area contributed by atoms with Gasteiger partial charge in [-0.1, -0.05) is 19.1 Å². The zero-order chi connectivity index (χ0) is 13.2. The van der Waals surface area contributed by atoms with Gasteiger partial charge in [0.2, 0.25) is 0 Å². The third kappa shape index (κ3) is 2.28. The van der Waals surface area contributed by atoms with Gasteiger partial charge in [0.25, 0.3) is 0 Å². The summed E-state index contributed by atoms with van der Waals surface area (Å²) in [4.78, 5) is 11.3. The van der Waals surface area contributed by atoms with E-state index in [0.717, 1.165) is 17.7 Å². The van der Waals surface area contributed by atoms with Gasteiger partial charge in [-0.2, -0.15) is 0 Å². The predicted molar refractivity (Wildman–Crippen MR) is 68.9 cm³/mol. The number of hydrogen-bond donors (Lipinski definition) is 1. The molecule has 0 saturated carbocycles. The van der Waals surface area contributed by atoms with Crippen molar-refractivity contribution in [3.63, 3.8) is 0 Å². The second kappa shape index (κ2) is 4.88. The van der Waals surface area contributed by atoms with Crippen LogP contribution in [0, 0.1) is 0 Å². The Morgan fingerprint density at radius 3 is 2.56 bits per heavy atom. The lowest BCUT2D eigenvalue weighted by molar-refractivity contribution is 0.0474. The molecule has 4 nitrogen and oxygen atoms in total. The third-order valence-corrected chi connectivity index (χ3v) is 3.57. The van der Waals surface area contributed by atoms with Crippen LogP contribution in [0.4, 0.5) is 4.79 Å². The summed E-state index contributed by atoms with van der Waals surface area (Å²) in [5.41, 5.74) is 0.692. The first-order valence-corrected chi connectivity index (χ1v) is 6.20. The van der Waals surface area contributed by atoms with E-state index in [4.69, 9.17) is 9.47 Å². The van der Waals surface area contributed by atoms with Gasteiger partial charge >= 0.3 is 6.09 Å². The van der Waals surface area contributed by atoms with Crippen molar-refractivity contribution in [2.75, 3.05) is 13.7 Å². The average molecular weight is 249 g/mol. The number of methoxy groups -OCH3 is 1. The van der Waals surface area contributed by atoms with Crippen molar-refractivity contribution in [3.05, 3.63) is 29.8 Å². The SMILES string of the molecule is CCC(c1ccc(OC)cc1)C1(C)CNC(=O)O1. The summed E-state index contributed by atoms with van der Waals surface area (Å²) < 4.78 is 10.6. The molecular formula is C14H19NO3. The molecule has 2 unspecified atom stereocenters. The van der Waals surface area contributed by atoms with E-state index >= 15 is 0 Å². The maximum Gasteiger partial charge on any atom is 0.407 e. The Bertz CT molecular complexity index is 429. The summed E-state index contributed by atoms with van der Waals surface area (Å²) in [7, 11) is 1.65. The molecule has 2 rings (SSSR count). The number of hydrogen-bond acceptors (Lipinski definition) is 3. The lowest BCUT2D eigenvalue weighted by Crippen LogP contribution is -2.36. The van der Waals surface area contributed by atoms with Crippen LogP contribution >= 0.6 is 0 Å². The number of carbonyl (C=O) groups is 1. The minimum Gasteiger partial charge on any atom is -0.497 e. The molecule has 0 aliphatic carbocycles. The fourth-order valence-corrected chi connectivity index (χ4v) is 2.58. The zero-order valence-electron chi connectivity index (χ0n) is 11.0. The summed E-state index contributed by atoms with van der Waals surface area (Å²) in [5, 5.41) is 2.73. The second-order valence-electron chi connectivity index (χ2n) is 4.79. The number of cyclic esters (lactones) is 1. The van der Waals surface area contributed by atoms with Crippen LogP contribution in [0.15, 0.2) is 24.3 Å². The summed E-state index contributed by atoms with van der Waals surface area (Å²) >= 11 is 0. The summed E-state index contributed by atoms with van der Waals surface area (Å²) in [6.45, 7) is 4.63. The molecule has 4 heteroatoms. The Kier molecular flexibility index (Phi) is 3.45. The Balaban J connectivity index is 2.24. The maximum absolute atomic E-state index is 11.3. The first kappa shape index (κ1) is 12.7. The summed E-state index contributed by atoms with van der Waals surface area (Å²) in [6, 6.07) is 7.94. The molecule has 0 spiro atoms. The number of rotatable bonds is 4. The van der Waals surface area contributed by atoms with E-state index in [-0.39, 0.29) is 12.0 Å². The van der Waals surface area contributed by atoms with Crippen LogP contribution in [0.5, 0.6) is 5.75 Å². The minimum absolute atomic E-state index is 0.183. The molecule has 98 valence electrons. The smallest absolute Gasteiger partial charge is 0.407 e. The maximum atomic E-state index is 11.3. The van der Waals surface area contributed by atoms with Crippen LogP contribution in [0.2, 0.25) is 0 Å². The number of alkyl carbamates (subject to hydrolysis) is 1. The number of benzene rings is 1. The Hall–Kier alpha value is -1.71. The Labute approximate surface area is 107 Å². The van der Waals surface area contributed by atoms with E-state index in [2.05, 4.69) is 12.2 Å². The molecule has 18 heavy (non-hydrogen) atoms. The number of amides is 1. The number of ether oxygens (including phenoxy) is 2. The minimum atomic E-state index is -0.472. The van der Waals surface area contributed by atoms with Gasteiger partial charge in [-0.25, -0.2) is 4.79 Å². The van der Waals surface area contributed by atoms with Gasteiger partial charge in [-0.3, -0.25) is 0 Å². The quantitative estimate of drug-likeness (QED) is 0.892. The molecule has 1 amide bonds. The Morgan fingerprint density at radius 1 is 1.44 bits per heavy atom. The van der Waals surface area contributed by atoms with Crippen LogP contribution < -0.4 is 10.1 Å². The number of carbonyl (C=O) groups excluding carboxylic acids is 1. The highest BCUT2D eigenvalue weighted by molar-refractivity contribution is 5.70. The summed E-state index contributed by atoms with van der Waals surface area (Å²) in [6.07, 6.45) is 0.585. The second-order valence-corrected chi connectivity index (χ2v) is 4.79. The third-order valence-electron chi connectivity index (χ3n) is 3.57. The van der Waals surface area contributed by atoms with Gasteiger partial charge in [0.15, 0.2) is 0 Å². The first-order valence-electron chi connectivity index (χ1n) is 6.20. The van der Waals surface area contributed by atoms with E-state index in [9.17, 15) is 4.79 Å². The lowest BCUT2D eigenvalue weighted by atomic mass is 9.81. The normalized spacial score (nSPS) is 24.3. The van der Waals surface area contributed by atoms with Crippen molar-refractivity contribution in [3.8, 4) is 5.75 Å². The van der Waals surface area contributed by atoms with E-state index in [1.165, 1.54) is 0 Å².